The van der Waals surface area contributed by atoms with Gasteiger partial charge in [-0.15, -0.1) is 0 Å². The van der Waals surface area contributed by atoms with Crippen LogP contribution >= 0.6 is 0 Å². The molecule has 0 saturated carbocycles. The third-order valence-corrected chi connectivity index (χ3v) is 9.55. The van der Waals surface area contributed by atoms with E-state index in [2.05, 4.69) is 33.0 Å². The molecule has 0 heterocycles. The van der Waals surface area contributed by atoms with Gasteiger partial charge in [-0.3, -0.25) is 0 Å². The summed E-state index contributed by atoms with van der Waals surface area (Å²) in [4.78, 5) is 0. The Balaban J connectivity index is 3.26. The number of unbranched alkanes of at least 4 members (excludes halogenated alkanes) is 30. The molecule has 0 aromatic rings. The summed E-state index contributed by atoms with van der Waals surface area (Å²) in [6, 6.07) is 1.38. The predicted molar refractivity (Wildman–Crippen MR) is 190 cm³/mol. The van der Waals surface area contributed by atoms with E-state index in [9.17, 15) is 0 Å². The predicted octanol–water partition coefficient (Wildman–Crippen LogP) is 14.7. The minimum atomic E-state index is 0.692. The summed E-state index contributed by atoms with van der Waals surface area (Å²) in [5, 5.41) is 3.88. The van der Waals surface area contributed by atoms with Crippen LogP contribution in [0, 0.1) is 0 Å². The van der Waals surface area contributed by atoms with Crippen LogP contribution in [0.15, 0.2) is 0 Å². The molecule has 2 unspecified atom stereocenters. The van der Waals surface area contributed by atoms with Gasteiger partial charge < -0.3 is 5.32 Å². The van der Waals surface area contributed by atoms with Crippen molar-refractivity contribution in [3.8, 4) is 0 Å². The maximum Gasteiger partial charge on any atom is 0.00412 e. The molecule has 0 spiro atoms. The van der Waals surface area contributed by atoms with Crippen LogP contribution in [0.5, 0.6) is 0 Å². The highest BCUT2D eigenvalue weighted by Gasteiger charge is 2.07. The van der Waals surface area contributed by atoms with Crippen molar-refractivity contribution in [3.63, 3.8) is 0 Å². The quantitative estimate of drug-likeness (QED) is 0.0730. The van der Waals surface area contributed by atoms with E-state index >= 15 is 0 Å². The fourth-order valence-corrected chi connectivity index (χ4v) is 6.65. The lowest BCUT2D eigenvalue weighted by Gasteiger charge is -2.20. The highest BCUT2D eigenvalue weighted by atomic mass is 14.9. The molecule has 0 aromatic carbocycles. The van der Waals surface area contributed by atoms with Crippen molar-refractivity contribution in [2.24, 2.45) is 0 Å². The van der Waals surface area contributed by atoms with Crippen LogP contribution in [0.1, 0.15) is 246 Å². The lowest BCUT2D eigenvalue weighted by atomic mass is 10.0. The first kappa shape index (κ1) is 41.0. The number of rotatable bonds is 36. The first-order chi connectivity index (χ1) is 20.2. The summed E-state index contributed by atoms with van der Waals surface area (Å²) in [6.07, 6.45) is 49.5. The second-order valence-corrected chi connectivity index (χ2v) is 14.2. The average Bonchev–Trinajstić information content (AvgIpc) is 2.96. The number of hydrogen-bond acceptors (Lipinski definition) is 1. The van der Waals surface area contributed by atoms with Crippen LogP contribution in [0.2, 0.25) is 0 Å². The topological polar surface area (TPSA) is 12.0 Å². The van der Waals surface area contributed by atoms with Gasteiger partial charge in [0.05, 0.1) is 0 Å². The fraction of sp³-hybridized carbons (Fsp3) is 1.00. The summed E-state index contributed by atoms with van der Waals surface area (Å²) < 4.78 is 0. The van der Waals surface area contributed by atoms with Crippen molar-refractivity contribution in [1.29, 1.82) is 0 Å². The third kappa shape index (κ3) is 36.1. The largest absolute Gasteiger partial charge is 0.312 e. The van der Waals surface area contributed by atoms with Gasteiger partial charge in [-0.25, -0.2) is 0 Å². The van der Waals surface area contributed by atoms with Crippen molar-refractivity contribution in [3.05, 3.63) is 0 Å². The maximum atomic E-state index is 3.88. The molecule has 0 amide bonds. The monoisotopic (exact) mass is 578 g/mol. The van der Waals surface area contributed by atoms with Crippen LogP contribution in [0.4, 0.5) is 0 Å². The zero-order chi connectivity index (χ0) is 29.9. The van der Waals surface area contributed by atoms with E-state index in [4.69, 9.17) is 0 Å². The van der Waals surface area contributed by atoms with Gasteiger partial charge in [0.15, 0.2) is 0 Å². The van der Waals surface area contributed by atoms with Gasteiger partial charge in [-0.1, -0.05) is 219 Å². The van der Waals surface area contributed by atoms with Gasteiger partial charge in [0.2, 0.25) is 0 Å². The van der Waals surface area contributed by atoms with Gasteiger partial charge in [0.1, 0.15) is 0 Å². The minimum absolute atomic E-state index is 0.692. The van der Waals surface area contributed by atoms with Crippen LogP contribution in [0.3, 0.4) is 0 Å². The zero-order valence-corrected chi connectivity index (χ0v) is 29.7. The molecule has 0 bridgehead atoms. The van der Waals surface area contributed by atoms with Crippen molar-refractivity contribution in [2.45, 2.75) is 258 Å². The molecular weight excluding hydrogens is 494 g/mol. The van der Waals surface area contributed by atoms with Crippen molar-refractivity contribution in [1.82, 2.24) is 5.32 Å². The molecule has 0 rings (SSSR count). The molecule has 2 atom stereocenters. The molecule has 0 aliphatic rings. The van der Waals surface area contributed by atoms with E-state index in [0.29, 0.717) is 12.1 Å². The summed E-state index contributed by atoms with van der Waals surface area (Å²) in [6.45, 7) is 9.44. The van der Waals surface area contributed by atoms with Gasteiger partial charge in [0.25, 0.3) is 0 Å². The Bertz CT molecular complexity index is 406. The third-order valence-electron chi connectivity index (χ3n) is 9.55. The second-order valence-electron chi connectivity index (χ2n) is 14.2. The Morgan fingerprint density at radius 2 is 0.439 bits per heavy atom. The van der Waals surface area contributed by atoms with Crippen LogP contribution in [-0.4, -0.2) is 12.1 Å². The molecule has 0 saturated heterocycles. The van der Waals surface area contributed by atoms with Gasteiger partial charge in [-0.2, -0.15) is 0 Å². The Kier molecular flexibility index (Phi) is 36.1. The van der Waals surface area contributed by atoms with E-state index in [1.807, 2.05) is 0 Å². The Morgan fingerprint density at radius 1 is 0.268 bits per heavy atom. The van der Waals surface area contributed by atoms with Gasteiger partial charge in [-0.05, 0) is 26.7 Å². The van der Waals surface area contributed by atoms with E-state index < -0.39 is 0 Å². The molecule has 1 heteroatoms. The Labute approximate surface area is 263 Å². The molecule has 1 nitrogen and oxygen atoms in total. The second kappa shape index (κ2) is 36.2. The molecule has 1 N–H and O–H groups in total. The zero-order valence-electron chi connectivity index (χ0n) is 29.7. The molecule has 0 aliphatic heterocycles. The first-order valence-electron chi connectivity index (χ1n) is 20.0. The molecule has 0 radical (unpaired) electrons. The standard InChI is InChI=1S/C40H83N/c1-5-7-9-11-13-15-17-19-21-23-25-27-29-31-33-35-37-39(3)41-40(4)38-36-34-32-30-28-26-24-22-20-18-16-14-12-10-8-6-2/h39-41H,5-38H2,1-4H3. The molecular formula is C40H83N. The summed E-state index contributed by atoms with van der Waals surface area (Å²) in [5.41, 5.74) is 0. The van der Waals surface area contributed by atoms with Crippen molar-refractivity contribution in [2.75, 3.05) is 0 Å². The van der Waals surface area contributed by atoms with E-state index in [1.54, 1.807) is 0 Å². The lowest BCUT2D eigenvalue weighted by Crippen LogP contribution is -2.34. The average molecular weight is 578 g/mol. The highest BCUT2D eigenvalue weighted by Crippen LogP contribution is 2.16. The van der Waals surface area contributed by atoms with E-state index in [-0.39, 0.29) is 0 Å². The highest BCUT2D eigenvalue weighted by molar-refractivity contribution is 4.68. The van der Waals surface area contributed by atoms with Crippen LogP contribution in [0.25, 0.3) is 0 Å². The van der Waals surface area contributed by atoms with Crippen LogP contribution < -0.4 is 5.32 Å². The smallest absolute Gasteiger partial charge is 0.00412 e. The summed E-state index contributed by atoms with van der Waals surface area (Å²) >= 11 is 0. The van der Waals surface area contributed by atoms with E-state index in [0.717, 1.165) is 0 Å². The fourth-order valence-electron chi connectivity index (χ4n) is 6.65. The number of nitrogens with one attached hydrogen (secondary N) is 1. The molecule has 0 fully saturated rings. The lowest BCUT2D eigenvalue weighted by molar-refractivity contribution is 0.402. The van der Waals surface area contributed by atoms with Gasteiger partial charge in [0, 0.05) is 12.1 Å². The molecule has 41 heavy (non-hydrogen) atoms. The summed E-state index contributed by atoms with van der Waals surface area (Å²) in [7, 11) is 0. The summed E-state index contributed by atoms with van der Waals surface area (Å²) in [5.74, 6) is 0. The minimum Gasteiger partial charge on any atom is -0.312 e. The first-order valence-corrected chi connectivity index (χ1v) is 20.0. The Morgan fingerprint density at radius 3 is 0.634 bits per heavy atom. The van der Waals surface area contributed by atoms with Crippen molar-refractivity contribution < 1.29 is 0 Å². The van der Waals surface area contributed by atoms with E-state index in [1.165, 1.54) is 218 Å². The normalized spacial score (nSPS) is 13.2. The van der Waals surface area contributed by atoms with Crippen LogP contribution in [-0.2, 0) is 0 Å². The number of hydrogen-bond donors (Lipinski definition) is 1. The maximum absolute atomic E-state index is 3.88. The molecule has 0 aromatic heterocycles. The van der Waals surface area contributed by atoms with Gasteiger partial charge >= 0.3 is 0 Å². The molecule has 248 valence electrons. The Hall–Kier alpha value is -0.0400. The SMILES string of the molecule is CCCCCCCCCCCCCCCCCCC(C)NC(C)CCCCCCCCCCCCCCCCCC. The molecule has 0 aliphatic carbocycles. The van der Waals surface area contributed by atoms with Crippen molar-refractivity contribution >= 4 is 0 Å².